The Hall–Kier alpha value is -1.66. The highest BCUT2D eigenvalue weighted by Crippen LogP contribution is 2.19. The molecule has 0 bridgehead atoms. The van der Waals surface area contributed by atoms with E-state index < -0.39 is 23.9 Å². The fourth-order valence-electron chi connectivity index (χ4n) is 1.37. The largest absolute Gasteiger partial charge is 0.218 e. The predicted octanol–water partition coefficient (Wildman–Crippen LogP) is 2.19. The van der Waals surface area contributed by atoms with Crippen LogP contribution in [0.15, 0.2) is 64.6 Å². The van der Waals surface area contributed by atoms with Gasteiger partial charge in [-0.15, -0.1) is 0 Å². The summed E-state index contributed by atoms with van der Waals surface area (Å²) < 4.78 is 46.2. The topological polar surface area (TPSA) is 68.3 Å². The maximum absolute atomic E-state index is 11.7. The zero-order valence-corrected chi connectivity index (χ0v) is 11.8. The molecule has 0 aliphatic heterocycles. The summed E-state index contributed by atoms with van der Waals surface area (Å²) in [6.07, 6.45) is 1.35. The summed E-state index contributed by atoms with van der Waals surface area (Å²) >= 11 is 0. The minimum Gasteiger partial charge on any atom is -0.218 e. The lowest BCUT2D eigenvalue weighted by Gasteiger charge is -2.04. The number of hydrogen-bond acceptors (Lipinski definition) is 4. The fraction of sp³-hybridized carbons (Fsp3) is 0.0769. The molecule has 1 aromatic rings. The van der Waals surface area contributed by atoms with Gasteiger partial charge in [-0.1, -0.05) is 43.5 Å². The highest BCUT2D eigenvalue weighted by molar-refractivity contribution is 8.16. The highest BCUT2D eigenvalue weighted by Gasteiger charge is 2.25. The Morgan fingerprint density at radius 3 is 1.84 bits per heavy atom. The van der Waals surface area contributed by atoms with Crippen molar-refractivity contribution in [2.75, 3.05) is 0 Å². The summed E-state index contributed by atoms with van der Waals surface area (Å²) in [5, 5.41) is 1.23. The second-order valence-electron chi connectivity index (χ2n) is 3.64. The van der Waals surface area contributed by atoms with Crippen LogP contribution in [-0.4, -0.2) is 16.8 Å². The Balaban J connectivity index is 3.27. The second kappa shape index (κ2) is 5.99. The first-order valence-electron chi connectivity index (χ1n) is 5.32. The molecule has 0 amide bonds. The van der Waals surface area contributed by atoms with E-state index in [1.54, 1.807) is 24.3 Å². The fourth-order valence-corrected chi connectivity index (χ4v) is 4.04. The average molecular weight is 298 g/mol. The summed E-state index contributed by atoms with van der Waals surface area (Å²) in [7, 11) is -8.07. The van der Waals surface area contributed by atoms with E-state index in [-0.39, 0.29) is 6.42 Å². The minimum atomic E-state index is -4.03. The lowest BCUT2D eigenvalue weighted by atomic mass is 10.2. The molecule has 6 heteroatoms. The monoisotopic (exact) mass is 298 g/mol. The lowest BCUT2D eigenvalue weighted by Crippen LogP contribution is -2.10. The Morgan fingerprint density at radius 1 is 0.947 bits per heavy atom. The van der Waals surface area contributed by atoms with Crippen molar-refractivity contribution in [3.8, 4) is 0 Å². The smallest absolute Gasteiger partial charge is 0.210 e. The van der Waals surface area contributed by atoms with Crippen LogP contribution in [0, 0.1) is 0 Å². The zero-order chi connectivity index (χ0) is 14.5. The molecule has 102 valence electrons. The molecule has 0 radical (unpaired) electrons. The molecule has 0 aliphatic carbocycles. The van der Waals surface area contributed by atoms with E-state index in [1.807, 2.05) is 6.07 Å². The molecule has 0 fully saturated rings. The predicted molar refractivity (Wildman–Crippen MR) is 76.5 cm³/mol. The van der Waals surface area contributed by atoms with E-state index in [0.717, 1.165) is 11.6 Å². The third-order valence-corrected chi connectivity index (χ3v) is 6.07. The molecule has 19 heavy (non-hydrogen) atoms. The van der Waals surface area contributed by atoms with E-state index >= 15 is 0 Å². The Labute approximate surface area is 113 Å². The molecule has 1 aromatic carbocycles. The second-order valence-corrected chi connectivity index (χ2v) is 7.62. The summed E-state index contributed by atoms with van der Waals surface area (Å²) in [5.41, 5.74) is 0.804. The van der Waals surface area contributed by atoms with Crippen molar-refractivity contribution in [1.29, 1.82) is 0 Å². The first kappa shape index (κ1) is 15.4. The van der Waals surface area contributed by atoms with E-state index in [0.29, 0.717) is 10.8 Å². The molecule has 4 nitrogen and oxygen atoms in total. The Morgan fingerprint density at radius 2 is 1.42 bits per heavy atom. The third-order valence-electron chi connectivity index (χ3n) is 2.35. The quantitative estimate of drug-likeness (QED) is 0.807. The van der Waals surface area contributed by atoms with Crippen LogP contribution >= 0.6 is 0 Å². The lowest BCUT2D eigenvalue weighted by molar-refractivity contribution is 0.604. The molecule has 0 aliphatic rings. The minimum absolute atomic E-state index is 0.191. The van der Waals surface area contributed by atoms with Crippen molar-refractivity contribution in [2.24, 2.45) is 0 Å². The number of allylic oxidation sites excluding steroid dienone is 1. The van der Waals surface area contributed by atoms with Crippen molar-refractivity contribution in [3.05, 3.63) is 70.2 Å². The van der Waals surface area contributed by atoms with Gasteiger partial charge < -0.3 is 0 Å². The van der Waals surface area contributed by atoms with Gasteiger partial charge in [-0.05, 0) is 18.1 Å². The van der Waals surface area contributed by atoms with E-state index in [4.69, 9.17) is 0 Å². The molecule has 0 saturated heterocycles. The normalized spacial score (nSPS) is 11.6. The SMILES string of the molecule is C=CS(=O)(=O)C(=CCc1ccccc1)S(=O)(=O)C=C. The molecule has 0 saturated carbocycles. The molecule has 0 aromatic heterocycles. The first-order chi connectivity index (χ1) is 8.83. The molecule has 1 rings (SSSR count). The summed E-state index contributed by atoms with van der Waals surface area (Å²) in [6.45, 7) is 6.26. The third kappa shape index (κ3) is 3.90. The molecule has 0 N–H and O–H groups in total. The van der Waals surface area contributed by atoms with Crippen LogP contribution in [0.25, 0.3) is 0 Å². The van der Waals surface area contributed by atoms with Gasteiger partial charge in [-0.25, -0.2) is 16.8 Å². The van der Waals surface area contributed by atoms with Gasteiger partial charge in [-0.2, -0.15) is 0 Å². The van der Waals surface area contributed by atoms with Crippen LogP contribution in [0.4, 0.5) is 0 Å². The Kier molecular flexibility index (Phi) is 4.85. The summed E-state index contributed by atoms with van der Waals surface area (Å²) in [4.78, 5) is 0. The zero-order valence-electron chi connectivity index (χ0n) is 10.2. The molecular formula is C13H14O4S2. The molecule has 0 unspecified atom stereocenters. The Bertz CT molecular complexity index is 656. The maximum atomic E-state index is 11.7. The van der Waals surface area contributed by atoms with Crippen molar-refractivity contribution in [1.82, 2.24) is 0 Å². The van der Waals surface area contributed by atoms with Crippen LogP contribution in [-0.2, 0) is 26.1 Å². The van der Waals surface area contributed by atoms with Gasteiger partial charge in [-0.3, -0.25) is 0 Å². The van der Waals surface area contributed by atoms with Gasteiger partial charge in [0.15, 0.2) is 4.24 Å². The van der Waals surface area contributed by atoms with Gasteiger partial charge in [0, 0.05) is 10.8 Å². The first-order valence-corrected chi connectivity index (χ1v) is 8.42. The van der Waals surface area contributed by atoms with Crippen LogP contribution in [0.1, 0.15) is 5.56 Å². The van der Waals surface area contributed by atoms with Gasteiger partial charge >= 0.3 is 0 Å². The van der Waals surface area contributed by atoms with Crippen LogP contribution in [0.3, 0.4) is 0 Å². The maximum Gasteiger partial charge on any atom is 0.210 e. The van der Waals surface area contributed by atoms with E-state index in [9.17, 15) is 16.8 Å². The van der Waals surface area contributed by atoms with Gasteiger partial charge in [0.1, 0.15) is 0 Å². The standard InChI is InChI=1S/C13H14O4S2/c1-3-18(14,15)13(19(16,17)4-2)11-10-12-8-6-5-7-9-12/h3-9,11H,1-2,10H2. The van der Waals surface area contributed by atoms with Gasteiger partial charge in [0.05, 0.1) is 0 Å². The summed E-state index contributed by atoms with van der Waals surface area (Å²) in [5.74, 6) is 0. The number of benzene rings is 1. The van der Waals surface area contributed by atoms with Crippen LogP contribution < -0.4 is 0 Å². The van der Waals surface area contributed by atoms with Gasteiger partial charge in [0.25, 0.3) is 0 Å². The molecular weight excluding hydrogens is 284 g/mol. The van der Waals surface area contributed by atoms with Crippen molar-refractivity contribution >= 4 is 19.7 Å². The van der Waals surface area contributed by atoms with Crippen LogP contribution in [0.2, 0.25) is 0 Å². The average Bonchev–Trinajstić information content (AvgIpc) is 2.39. The number of sulfone groups is 2. The number of rotatable bonds is 6. The van der Waals surface area contributed by atoms with Crippen molar-refractivity contribution in [3.63, 3.8) is 0 Å². The van der Waals surface area contributed by atoms with Crippen molar-refractivity contribution < 1.29 is 16.8 Å². The summed E-state index contributed by atoms with van der Waals surface area (Å²) in [6, 6.07) is 8.93. The van der Waals surface area contributed by atoms with Crippen LogP contribution in [0.5, 0.6) is 0 Å². The van der Waals surface area contributed by atoms with E-state index in [1.165, 1.54) is 0 Å². The number of hydrogen-bond donors (Lipinski definition) is 0. The molecule has 0 spiro atoms. The van der Waals surface area contributed by atoms with E-state index in [2.05, 4.69) is 13.2 Å². The molecule has 0 heterocycles. The highest BCUT2D eigenvalue weighted by atomic mass is 32.3. The van der Waals surface area contributed by atoms with Gasteiger partial charge in [0.2, 0.25) is 19.7 Å². The molecule has 0 atom stereocenters. The van der Waals surface area contributed by atoms with Crippen molar-refractivity contribution in [2.45, 2.75) is 6.42 Å².